The number of amides is 1. The van der Waals surface area contributed by atoms with Crippen LogP contribution in [-0.2, 0) is 17.4 Å². The lowest BCUT2D eigenvalue weighted by atomic mass is 10.0. The van der Waals surface area contributed by atoms with Crippen LogP contribution in [0.4, 0.5) is 19.0 Å². The number of carbonyl (C=O) groups excluding carboxylic acids is 1. The van der Waals surface area contributed by atoms with Crippen molar-refractivity contribution in [3.8, 4) is 0 Å². The zero-order valence-electron chi connectivity index (χ0n) is 13.3. The summed E-state index contributed by atoms with van der Waals surface area (Å²) < 4.78 is 38.2. The normalized spacial score (nSPS) is 16.0. The van der Waals surface area contributed by atoms with Gasteiger partial charge in [0, 0.05) is 30.1 Å². The third kappa shape index (κ3) is 4.68. The standard InChI is InChI=1S/C16H17F3N4OS/c17-16(18,19)13-9-14(21-10-20-13)23-5-3-11(4-6-23)22-15(24)8-12-2-1-7-25-12/h1-2,7,9-11H,3-6,8H2,(H,22,24). The first-order valence-corrected chi connectivity index (χ1v) is 8.76. The molecule has 1 aliphatic heterocycles. The van der Waals surface area contributed by atoms with E-state index in [-0.39, 0.29) is 17.8 Å². The van der Waals surface area contributed by atoms with Crippen molar-refractivity contribution in [1.29, 1.82) is 0 Å². The van der Waals surface area contributed by atoms with Gasteiger partial charge in [0.25, 0.3) is 0 Å². The van der Waals surface area contributed by atoms with Gasteiger partial charge in [-0.3, -0.25) is 4.79 Å². The van der Waals surface area contributed by atoms with Crippen molar-refractivity contribution in [2.24, 2.45) is 0 Å². The van der Waals surface area contributed by atoms with Gasteiger partial charge < -0.3 is 10.2 Å². The van der Waals surface area contributed by atoms with Crippen molar-refractivity contribution in [3.05, 3.63) is 40.5 Å². The van der Waals surface area contributed by atoms with Crippen molar-refractivity contribution in [2.75, 3.05) is 18.0 Å². The molecule has 0 aliphatic carbocycles. The van der Waals surface area contributed by atoms with E-state index in [0.29, 0.717) is 32.4 Å². The van der Waals surface area contributed by atoms with Crippen LogP contribution in [0.2, 0.25) is 0 Å². The van der Waals surface area contributed by atoms with E-state index in [1.165, 1.54) is 11.3 Å². The Kier molecular flexibility index (Phi) is 5.22. The summed E-state index contributed by atoms with van der Waals surface area (Å²) in [6.07, 6.45) is -1.85. The predicted octanol–water partition coefficient (Wildman–Crippen LogP) is 2.88. The summed E-state index contributed by atoms with van der Waals surface area (Å²) in [5.74, 6) is 0.244. The van der Waals surface area contributed by atoms with E-state index in [9.17, 15) is 18.0 Å². The molecule has 0 saturated carbocycles. The number of nitrogens with one attached hydrogen (secondary N) is 1. The highest BCUT2D eigenvalue weighted by Crippen LogP contribution is 2.29. The van der Waals surface area contributed by atoms with Crippen LogP contribution in [0, 0.1) is 0 Å². The number of thiophene rings is 1. The molecule has 134 valence electrons. The minimum atomic E-state index is -4.48. The third-order valence-electron chi connectivity index (χ3n) is 4.04. The lowest BCUT2D eigenvalue weighted by molar-refractivity contribution is -0.141. The number of anilines is 1. The lowest BCUT2D eigenvalue weighted by Gasteiger charge is -2.33. The molecule has 5 nitrogen and oxygen atoms in total. The van der Waals surface area contributed by atoms with Crippen LogP contribution in [0.25, 0.3) is 0 Å². The zero-order chi connectivity index (χ0) is 17.9. The summed E-state index contributed by atoms with van der Waals surface area (Å²) >= 11 is 1.54. The van der Waals surface area contributed by atoms with Crippen molar-refractivity contribution in [2.45, 2.75) is 31.5 Å². The highest BCUT2D eigenvalue weighted by Gasteiger charge is 2.33. The van der Waals surface area contributed by atoms with Crippen LogP contribution >= 0.6 is 11.3 Å². The molecule has 1 saturated heterocycles. The van der Waals surface area contributed by atoms with Crippen LogP contribution in [0.3, 0.4) is 0 Å². The zero-order valence-corrected chi connectivity index (χ0v) is 14.1. The molecule has 2 aromatic heterocycles. The number of piperidine rings is 1. The molecule has 0 unspecified atom stereocenters. The Morgan fingerprint density at radius 3 is 2.72 bits per heavy atom. The van der Waals surface area contributed by atoms with E-state index in [0.717, 1.165) is 17.3 Å². The van der Waals surface area contributed by atoms with Gasteiger partial charge in [-0.15, -0.1) is 11.3 Å². The van der Waals surface area contributed by atoms with E-state index in [1.807, 2.05) is 17.5 Å². The Labute approximate surface area is 146 Å². The van der Waals surface area contributed by atoms with E-state index >= 15 is 0 Å². The summed E-state index contributed by atoms with van der Waals surface area (Å²) in [5.41, 5.74) is -0.941. The Morgan fingerprint density at radius 2 is 2.08 bits per heavy atom. The molecule has 1 amide bonds. The number of rotatable bonds is 4. The second-order valence-electron chi connectivity index (χ2n) is 5.84. The van der Waals surface area contributed by atoms with Crippen molar-refractivity contribution in [1.82, 2.24) is 15.3 Å². The van der Waals surface area contributed by atoms with Gasteiger partial charge in [0.2, 0.25) is 5.91 Å². The Hall–Kier alpha value is -2.16. The highest BCUT2D eigenvalue weighted by atomic mass is 32.1. The minimum Gasteiger partial charge on any atom is -0.356 e. The number of aromatic nitrogens is 2. The molecule has 0 radical (unpaired) electrons. The van der Waals surface area contributed by atoms with Crippen LogP contribution in [0.5, 0.6) is 0 Å². The molecule has 3 rings (SSSR count). The van der Waals surface area contributed by atoms with Crippen molar-refractivity contribution >= 4 is 23.1 Å². The first-order chi connectivity index (χ1) is 11.9. The van der Waals surface area contributed by atoms with E-state index < -0.39 is 11.9 Å². The van der Waals surface area contributed by atoms with E-state index in [4.69, 9.17) is 0 Å². The molecule has 0 atom stereocenters. The molecule has 9 heteroatoms. The molecule has 0 bridgehead atoms. The van der Waals surface area contributed by atoms with Gasteiger partial charge in [0.1, 0.15) is 17.8 Å². The molecule has 0 spiro atoms. The summed E-state index contributed by atoms with van der Waals surface area (Å²) in [6.45, 7) is 1.08. The number of alkyl halides is 3. The van der Waals surface area contributed by atoms with Gasteiger partial charge >= 0.3 is 6.18 Å². The summed E-state index contributed by atoms with van der Waals surface area (Å²) in [4.78, 5) is 22.0. The van der Waals surface area contributed by atoms with Gasteiger partial charge in [-0.1, -0.05) is 6.07 Å². The number of hydrogen-bond acceptors (Lipinski definition) is 5. The number of halogens is 3. The average Bonchev–Trinajstić information content (AvgIpc) is 3.08. The Morgan fingerprint density at radius 1 is 1.32 bits per heavy atom. The van der Waals surface area contributed by atoms with Gasteiger partial charge in [-0.2, -0.15) is 13.2 Å². The molecule has 0 aromatic carbocycles. The molecule has 2 aromatic rings. The average molecular weight is 370 g/mol. The molecule has 3 heterocycles. The Balaban J connectivity index is 1.52. The van der Waals surface area contributed by atoms with Crippen LogP contribution in [0.1, 0.15) is 23.4 Å². The summed E-state index contributed by atoms with van der Waals surface area (Å²) in [6, 6.07) is 4.83. The van der Waals surface area contributed by atoms with E-state index in [1.54, 1.807) is 4.90 Å². The maximum atomic E-state index is 12.7. The van der Waals surface area contributed by atoms with Crippen LogP contribution < -0.4 is 10.2 Å². The molecular weight excluding hydrogens is 353 g/mol. The molecule has 25 heavy (non-hydrogen) atoms. The maximum absolute atomic E-state index is 12.7. The quantitative estimate of drug-likeness (QED) is 0.899. The van der Waals surface area contributed by atoms with Crippen LogP contribution in [0.15, 0.2) is 29.9 Å². The minimum absolute atomic E-state index is 0.0257. The second kappa shape index (κ2) is 7.38. The van der Waals surface area contributed by atoms with Crippen molar-refractivity contribution < 1.29 is 18.0 Å². The van der Waals surface area contributed by atoms with Gasteiger partial charge in [-0.05, 0) is 24.3 Å². The summed E-state index contributed by atoms with van der Waals surface area (Å²) in [5, 5.41) is 4.92. The predicted molar refractivity (Wildman–Crippen MR) is 88.4 cm³/mol. The Bertz CT molecular complexity index is 712. The molecular formula is C16H17F3N4OS. The largest absolute Gasteiger partial charge is 0.433 e. The molecule has 1 N–H and O–H groups in total. The highest BCUT2D eigenvalue weighted by molar-refractivity contribution is 7.10. The maximum Gasteiger partial charge on any atom is 0.433 e. The van der Waals surface area contributed by atoms with Gasteiger partial charge in [-0.25, -0.2) is 9.97 Å². The number of hydrogen-bond donors (Lipinski definition) is 1. The first-order valence-electron chi connectivity index (χ1n) is 7.88. The van der Waals surface area contributed by atoms with Crippen molar-refractivity contribution in [3.63, 3.8) is 0 Å². The fraction of sp³-hybridized carbons (Fsp3) is 0.438. The topological polar surface area (TPSA) is 58.1 Å². The molecule has 1 fully saturated rings. The first kappa shape index (κ1) is 17.7. The second-order valence-corrected chi connectivity index (χ2v) is 6.88. The fourth-order valence-corrected chi connectivity index (χ4v) is 3.48. The molecule has 1 aliphatic rings. The number of nitrogens with zero attached hydrogens (tertiary/aromatic N) is 3. The van der Waals surface area contributed by atoms with Gasteiger partial charge in [0.05, 0.1) is 6.42 Å². The number of carbonyl (C=O) groups is 1. The monoisotopic (exact) mass is 370 g/mol. The fourth-order valence-electron chi connectivity index (χ4n) is 2.78. The smallest absolute Gasteiger partial charge is 0.356 e. The SMILES string of the molecule is O=C(Cc1cccs1)NC1CCN(c2cc(C(F)(F)F)ncn2)CC1. The van der Waals surface area contributed by atoms with Gasteiger partial charge in [0.15, 0.2) is 0 Å². The summed E-state index contributed by atoms with van der Waals surface area (Å²) in [7, 11) is 0. The lowest BCUT2D eigenvalue weighted by Crippen LogP contribution is -2.45. The van der Waals surface area contributed by atoms with Crippen LogP contribution in [-0.4, -0.2) is 35.0 Å². The van der Waals surface area contributed by atoms with E-state index in [2.05, 4.69) is 15.3 Å². The third-order valence-corrected chi connectivity index (χ3v) is 4.92.